The Bertz CT molecular complexity index is 951. The van der Waals surface area contributed by atoms with Gasteiger partial charge in [0.25, 0.3) is 5.56 Å². The molecule has 164 valence electrons. The van der Waals surface area contributed by atoms with E-state index in [0.717, 1.165) is 58.2 Å². The molecule has 1 atom stereocenters. The number of anilines is 1. The molecule has 1 aromatic carbocycles. The van der Waals surface area contributed by atoms with Gasteiger partial charge in [0.2, 0.25) is 0 Å². The van der Waals surface area contributed by atoms with Gasteiger partial charge in [-0.15, -0.1) is 0 Å². The van der Waals surface area contributed by atoms with Gasteiger partial charge >= 0.3 is 0 Å². The van der Waals surface area contributed by atoms with Crippen molar-refractivity contribution in [2.45, 2.75) is 71.3 Å². The zero-order valence-electron chi connectivity index (χ0n) is 18.3. The van der Waals surface area contributed by atoms with Gasteiger partial charge in [-0.2, -0.15) is 0 Å². The number of aryl methyl sites for hydroxylation is 2. The highest BCUT2D eigenvalue weighted by atomic mass is 79.9. The summed E-state index contributed by atoms with van der Waals surface area (Å²) in [6.45, 7) is 6.11. The summed E-state index contributed by atoms with van der Waals surface area (Å²) in [5.74, 6) is 0. The smallest absolute Gasteiger partial charge is 0.252 e. The monoisotopic (exact) mass is 476 g/mol. The number of nitrogens with one attached hydrogen (secondary N) is 2. The van der Waals surface area contributed by atoms with E-state index >= 15 is 0 Å². The molecule has 1 fully saturated rings. The summed E-state index contributed by atoms with van der Waals surface area (Å²) in [5.41, 5.74) is 11.3. The number of H-pyrrole nitrogens is 1. The van der Waals surface area contributed by atoms with Crippen LogP contribution in [0.5, 0.6) is 0 Å². The van der Waals surface area contributed by atoms with Crippen molar-refractivity contribution in [3.8, 4) is 0 Å². The third kappa shape index (κ3) is 5.14. The zero-order chi connectivity index (χ0) is 22.0. The molecule has 7 heteroatoms. The topological polar surface area (TPSA) is 94.4 Å². The molecular formula is C23H33BrN4O2. The fourth-order valence-corrected chi connectivity index (χ4v) is 4.89. The number of rotatable bonds is 6. The second-order valence-corrected chi connectivity index (χ2v) is 9.46. The van der Waals surface area contributed by atoms with Crippen LogP contribution in [0.2, 0.25) is 0 Å². The van der Waals surface area contributed by atoms with Crippen LogP contribution in [0.15, 0.2) is 27.5 Å². The Balaban J connectivity index is 1.80. The van der Waals surface area contributed by atoms with E-state index in [1.165, 1.54) is 0 Å². The van der Waals surface area contributed by atoms with Crippen LogP contribution in [-0.2, 0) is 6.54 Å². The molecule has 3 rings (SSSR count). The number of nitrogens with zero attached hydrogens (tertiary/aromatic N) is 1. The summed E-state index contributed by atoms with van der Waals surface area (Å²) in [5, 5.41) is 14.0. The Labute approximate surface area is 187 Å². The van der Waals surface area contributed by atoms with E-state index in [0.29, 0.717) is 24.2 Å². The third-order valence-electron chi connectivity index (χ3n) is 6.31. The number of nitrogens with two attached hydrogens (primary N) is 1. The minimum absolute atomic E-state index is 0.117. The number of pyridine rings is 1. The Morgan fingerprint density at radius 3 is 2.53 bits per heavy atom. The van der Waals surface area contributed by atoms with Crippen molar-refractivity contribution in [3.05, 3.63) is 61.0 Å². The minimum Gasteiger partial charge on any atom is -0.374 e. The molecule has 30 heavy (non-hydrogen) atoms. The molecule has 1 aliphatic carbocycles. The number of hydrogen-bond donors (Lipinski definition) is 4. The number of aliphatic hydroxyl groups is 1. The van der Waals surface area contributed by atoms with E-state index in [1.54, 1.807) is 0 Å². The number of halogens is 1. The first-order valence-electron chi connectivity index (χ1n) is 10.6. The average Bonchev–Trinajstić information content (AvgIpc) is 2.68. The van der Waals surface area contributed by atoms with Crippen molar-refractivity contribution in [2.24, 2.45) is 5.73 Å². The maximum absolute atomic E-state index is 12.3. The van der Waals surface area contributed by atoms with Gasteiger partial charge in [-0.05, 0) is 75.8 Å². The number of benzene rings is 1. The standard InChI is InChI=1S/C23H33BrN4O2/c1-13-9-14(2)27-23(30)20(13)12-26-22(29)19-10-16(24)11-21(15(19)3)28(4)18-7-5-17(25)6-8-18/h9-11,17-18,22,26,29H,5-8,12,25H2,1-4H3,(H,27,30). The van der Waals surface area contributed by atoms with Gasteiger partial charge in [0.1, 0.15) is 6.23 Å². The molecule has 6 nitrogen and oxygen atoms in total. The quantitative estimate of drug-likeness (QED) is 0.478. The number of aliphatic hydroxyl groups excluding tert-OH is 1. The van der Waals surface area contributed by atoms with Gasteiger partial charge in [-0.1, -0.05) is 15.9 Å². The van der Waals surface area contributed by atoms with E-state index in [1.807, 2.05) is 32.9 Å². The highest BCUT2D eigenvalue weighted by molar-refractivity contribution is 9.10. The summed E-state index contributed by atoms with van der Waals surface area (Å²) in [7, 11) is 2.12. The molecule has 2 aromatic rings. The van der Waals surface area contributed by atoms with Crippen LogP contribution in [0.25, 0.3) is 0 Å². The van der Waals surface area contributed by atoms with Gasteiger partial charge in [0, 0.05) is 52.7 Å². The Kier molecular flexibility index (Phi) is 7.39. The first kappa shape index (κ1) is 23.0. The van der Waals surface area contributed by atoms with Crippen molar-refractivity contribution < 1.29 is 5.11 Å². The first-order valence-corrected chi connectivity index (χ1v) is 11.4. The second kappa shape index (κ2) is 9.64. The Morgan fingerprint density at radius 1 is 1.23 bits per heavy atom. The molecule has 0 amide bonds. The summed E-state index contributed by atoms with van der Waals surface area (Å²) in [6.07, 6.45) is 3.37. The number of aromatic nitrogens is 1. The maximum Gasteiger partial charge on any atom is 0.252 e. The Hall–Kier alpha value is -1.67. The zero-order valence-corrected chi connectivity index (χ0v) is 19.8. The number of aromatic amines is 1. The van der Waals surface area contributed by atoms with Crippen LogP contribution in [-0.4, -0.2) is 29.2 Å². The SMILES string of the molecule is Cc1cc(C)c(CNC(O)c2cc(Br)cc(N(C)C3CCC(N)CC3)c2C)c(=O)[nH]1. The Morgan fingerprint density at radius 2 is 1.90 bits per heavy atom. The normalized spacial score (nSPS) is 20.2. The average molecular weight is 477 g/mol. The van der Waals surface area contributed by atoms with E-state index < -0.39 is 6.23 Å². The van der Waals surface area contributed by atoms with Gasteiger partial charge in [0.15, 0.2) is 0 Å². The molecule has 0 spiro atoms. The van der Waals surface area contributed by atoms with E-state index in [4.69, 9.17) is 5.73 Å². The fraction of sp³-hybridized carbons (Fsp3) is 0.522. The summed E-state index contributed by atoms with van der Waals surface area (Å²) < 4.78 is 0.919. The van der Waals surface area contributed by atoms with Crippen molar-refractivity contribution in [1.82, 2.24) is 10.3 Å². The van der Waals surface area contributed by atoms with E-state index in [9.17, 15) is 9.90 Å². The molecule has 0 bridgehead atoms. The van der Waals surface area contributed by atoms with Gasteiger partial charge in [-0.25, -0.2) is 0 Å². The van der Waals surface area contributed by atoms with Gasteiger partial charge in [0.05, 0.1) is 0 Å². The molecule has 0 radical (unpaired) electrons. The van der Waals surface area contributed by atoms with Crippen LogP contribution in [0, 0.1) is 20.8 Å². The van der Waals surface area contributed by atoms with Gasteiger partial charge < -0.3 is 20.7 Å². The molecule has 1 saturated carbocycles. The number of hydrogen-bond acceptors (Lipinski definition) is 5. The lowest BCUT2D eigenvalue weighted by Crippen LogP contribution is -2.39. The molecule has 1 aliphatic rings. The van der Waals surface area contributed by atoms with Crippen LogP contribution in [0.1, 0.15) is 59.9 Å². The van der Waals surface area contributed by atoms with Gasteiger partial charge in [-0.3, -0.25) is 10.1 Å². The van der Waals surface area contributed by atoms with Crippen molar-refractivity contribution in [1.29, 1.82) is 0 Å². The van der Waals surface area contributed by atoms with Crippen LogP contribution < -0.4 is 21.5 Å². The maximum atomic E-state index is 12.3. The molecule has 5 N–H and O–H groups in total. The third-order valence-corrected chi connectivity index (χ3v) is 6.77. The van der Waals surface area contributed by atoms with Crippen molar-refractivity contribution >= 4 is 21.6 Å². The molecule has 1 aromatic heterocycles. The largest absolute Gasteiger partial charge is 0.374 e. The summed E-state index contributed by atoms with van der Waals surface area (Å²) in [6, 6.07) is 6.75. The molecule has 1 unspecified atom stereocenters. The lowest BCUT2D eigenvalue weighted by Gasteiger charge is -2.36. The van der Waals surface area contributed by atoms with E-state index in [2.05, 4.69) is 44.2 Å². The molecular weight excluding hydrogens is 444 g/mol. The molecule has 0 aliphatic heterocycles. The van der Waals surface area contributed by atoms with Crippen molar-refractivity contribution in [3.63, 3.8) is 0 Å². The molecule has 1 heterocycles. The second-order valence-electron chi connectivity index (χ2n) is 8.55. The predicted octanol–water partition coefficient (Wildman–Crippen LogP) is 3.55. The van der Waals surface area contributed by atoms with Crippen LogP contribution >= 0.6 is 15.9 Å². The first-order chi connectivity index (χ1) is 14.2. The minimum atomic E-state index is -0.880. The predicted molar refractivity (Wildman–Crippen MR) is 126 cm³/mol. The summed E-state index contributed by atoms with van der Waals surface area (Å²) >= 11 is 3.60. The van der Waals surface area contributed by atoms with Crippen LogP contribution in [0.4, 0.5) is 5.69 Å². The molecule has 0 saturated heterocycles. The lowest BCUT2D eigenvalue weighted by atomic mass is 9.90. The lowest BCUT2D eigenvalue weighted by molar-refractivity contribution is 0.136. The summed E-state index contributed by atoms with van der Waals surface area (Å²) in [4.78, 5) is 17.4. The van der Waals surface area contributed by atoms with Crippen LogP contribution in [0.3, 0.4) is 0 Å². The van der Waals surface area contributed by atoms with E-state index in [-0.39, 0.29) is 5.56 Å². The van der Waals surface area contributed by atoms with Crippen molar-refractivity contribution in [2.75, 3.05) is 11.9 Å². The highest BCUT2D eigenvalue weighted by Gasteiger charge is 2.25. The fourth-order valence-electron chi connectivity index (χ4n) is 4.43. The highest BCUT2D eigenvalue weighted by Crippen LogP contribution is 2.34.